The molecular weight excluding hydrogens is 182 g/mol. The van der Waals surface area contributed by atoms with Crippen LogP contribution >= 0.6 is 0 Å². The van der Waals surface area contributed by atoms with Crippen LogP contribution < -0.4 is 0 Å². The van der Waals surface area contributed by atoms with Crippen LogP contribution in [0.5, 0.6) is 0 Å². The lowest BCUT2D eigenvalue weighted by Gasteiger charge is -2.28. The molecule has 0 N–H and O–H groups in total. The molecule has 1 atom stereocenters. The molecule has 0 spiro atoms. The van der Waals surface area contributed by atoms with Crippen LogP contribution in [0.4, 0.5) is 0 Å². The van der Waals surface area contributed by atoms with E-state index in [0.717, 1.165) is 32.2 Å². The number of aromatic nitrogens is 2. The molecule has 0 amide bonds. The van der Waals surface area contributed by atoms with Crippen LogP contribution in [0.2, 0.25) is 0 Å². The summed E-state index contributed by atoms with van der Waals surface area (Å²) in [5.74, 6) is 0.795. The van der Waals surface area contributed by atoms with Crippen molar-refractivity contribution in [3.05, 3.63) is 12.2 Å². The molecule has 1 fully saturated rings. The Morgan fingerprint density at radius 2 is 2.64 bits per heavy atom. The molecule has 14 heavy (non-hydrogen) atoms. The zero-order valence-electron chi connectivity index (χ0n) is 7.93. The lowest BCUT2D eigenvalue weighted by atomic mass is 10.00. The summed E-state index contributed by atoms with van der Waals surface area (Å²) in [5, 5.41) is 3.54. The van der Waals surface area contributed by atoms with Gasteiger partial charge in [-0.15, -0.1) is 0 Å². The first-order valence-electron chi connectivity index (χ1n) is 4.81. The smallest absolute Gasteiger partial charge is 0.240 e. The number of piperidine rings is 1. The molecule has 1 unspecified atom stereocenters. The summed E-state index contributed by atoms with van der Waals surface area (Å²) in [5.41, 5.74) is 0. The van der Waals surface area contributed by atoms with E-state index in [1.165, 1.54) is 6.33 Å². The van der Waals surface area contributed by atoms with Crippen molar-refractivity contribution in [1.82, 2.24) is 15.0 Å². The number of nitrogens with zero attached hydrogens (tertiary/aromatic N) is 3. The van der Waals surface area contributed by atoms with Gasteiger partial charge in [-0.3, -0.25) is 4.90 Å². The molecule has 1 saturated heterocycles. The van der Waals surface area contributed by atoms with Crippen molar-refractivity contribution in [2.75, 3.05) is 13.1 Å². The molecule has 2 heterocycles. The molecule has 1 aliphatic heterocycles. The summed E-state index contributed by atoms with van der Waals surface area (Å²) in [4.78, 5) is 16.8. The zero-order chi connectivity index (χ0) is 9.80. The van der Waals surface area contributed by atoms with Crippen molar-refractivity contribution in [1.29, 1.82) is 0 Å². The van der Waals surface area contributed by atoms with Gasteiger partial charge in [0.2, 0.25) is 5.89 Å². The van der Waals surface area contributed by atoms with Crippen LogP contribution in [0.25, 0.3) is 0 Å². The Labute approximate surface area is 82.1 Å². The molecule has 0 aliphatic carbocycles. The van der Waals surface area contributed by atoms with E-state index in [9.17, 15) is 4.79 Å². The first-order valence-corrected chi connectivity index (χ1v) is 4.81. The normalized spacial score (nSPS) is 23.6. The molecule has 76 valence electrons. The molecule has 1 aliphatic rings. The van der Waals surface area contributed by atoms with E-state index in [-0.39, 0.29) is 5.92 Å². The van der Waals surface area contributed by atoms with Crippen molar-refractivity contribution in [3.63, 3.8) is 0 Å². The van der Waals surface area contributed by atoms with Crippen LogP contribution in [0.15, 0.2) is 10.9 Å². The summed E-state index contributed by atoms with van der Waals surface area (Å²) < 4.78 is 4.91. The summed E-state index contributed by atoms with van der Waals surface area (Å²) in [7, 11) is 0. The van der Waals surface area contributed by atoms with Crippen LogP contribution in [0.3, 0.4) is 0 Å². The minimum Gasteiger partial charge on any atom is -0.338 e. The maximum absolute atomic E-state index is 10.6. The summed E-state index contributed by atoms with van der Waals surface area (Å²) in [6.45, 7) is 2.48. The standard InChI is InChI=1S/C9H13N3O2/c13-6-8-2-1-3-12(4-8)5-9-10-7-11-14-9/h6-8H,1-5H2. The number of hydrogen-bond acceptors (Lipinski definition) is 5. The Balaban J connectivity index is 1.89. The van der Waals surface area contributed by atoms with Crippen molar-refractivity contribution < 1.29 is 9.32 Å². The third-order valence-corrected chi connectivity index (χ3v) is 2.50. The van der Waals surface area contributed by atoms with Gasteiger partial charge in [0.1, 0.15) is 6.29 Å². The first kappa shape index (κ1) is 9.33. The van der Waals surface area contributed by atoms with Gasteiger partial charge in [-0.25, -0.2) is 0 Å². The second-order valence-electron chi connectivity index (χ2n) is 3.61. The minimum atomic E-state index is 0.173. The quantitative estimate of drug-likeness (QED) is 0.656. The fourth-order valence-electron chi connectivity index (χ4n) is 1.80. The third kappa shape index (κ3) is 2.17. The molecule has 5 nitrogen and oxygen atoms in total. The van der Waals surface area contributed by atoms with E-state index in [1.807, 2.05) is 0 Å². The molecule has 0 bridgehead atoms. The molecule has 5 heteroatoms. The van der Waals surface area contributed by atoms with Crippen molar-refractivity contribution in [2.24, 2.45) is 5.92 Å². The fraction of sp³-hybridized carbons (Fsp3) is 0.667. The monoisotopic (exact) mass is 195 g/mol. The number of carbonyl (C=O) groups is 1. The minimum absolute atomic E-state index is 0.173. The Morgan fingerprint density at radius 3 is 3.36 bits per heavy atom. The van der Waals surface area contributed by atoms with Crippen molar-refractivity contribution in [3.8, 4) is 0 Å². The summed E-state index contributed by atoms with van der Waals surface area (Å²) >= 11 is 0. The third-order valence-electron chi connectivity index (χ3n) is 2.50. The molecular formula is C9H13N3O2. The highest BCUT2D eigenvalue weighted by Crippen LogP contribution is 2.15. The van der Waals surface area contributed by atoms with E-state index < -0.39 is 0 Å². The zero-order valence-corrected chi connectivity index (χ0v) is 7.93. The lowest BCUT2D eigenvalue weighted by Crippen LogP contribution is -2.35. The van der Waals surface area contributed by atoms with Crippen molar-refractivity contribution in [2.45, 2.75) is 19.4 Å². The van der Waals surface area contributed by atoms with Crippen LogP contribution in [0, 0.1) is 5.92 Å². The molecule has 0 aromatic carbocycles. The van der Waals surface area contributed by atoms with Gasteiger partial charge in [-0.2, -0.15) is 4.98 Å². The van der Waals surface area contributed by atoms with Gasteiger partial charge in [0.15, 0.2) is 6.33 Å². The van der Waals surface area contributed by atoms with E-state index in [0.29, 0.717) is 12.4 Å². The van der Waals surface area contributed by atoms with Gasteiger partial charge in [0.05, 0.1) is 6.54 Å². The largest absolute Gasteiger partial charge is 0.338 e. The predicted molar refractivity (Wildman–Crippen MR) is 48.4 cm³/mol. The van der Waals surface area contributed by atoms with Gasteiger partial charge >= 0.3 is 0 Å². The number of aldehydes is 1. The second-order valence-corrected chi connectivity index (χ2v) is 3.61. The average molecular weight is 195 g/mol. The van der Waals surface area contributed by atoms with Crippen LogP contribution in [-0.2, 0) is 11.3 Å². The molecule has 1 aromatic rings. The van der Waals surface area contributed by atoms with Gasteiger partial charge in [0, 0.05) is 12.5 Å². The van der Waals surface area contributed by atoms with E-state index >= 15 is 0 Å². The van der Waals surface area contributed by atoms with Crippen LogP contribution in [-0.4, -0.2) is 34.4 Å². The maximum atomic E-state index is 10.6. The highest BCUT2D eigenvalue weighted by Gasteiger charge is 2.20. The van der Waals surface area contributed by atoms with Gasteiger partial charge < -0.3 is 9.32 Å². The topological polar surface area (TPSA) is 59.2 Å². The Morgan fingerprint density at radius 1 is 1.71 bits per heavy atom. The Hall–Kier alpha value is -1.23. The molecule has 1 aromatic heterocycles. The van der Waals surface area contributed by atoms with Crippen molar-refractivity contribution >= 4 is 6.29 Å². The second kappa shape index (κ2) is 4.32. The molecule has 2 rings (SSSR count). The Kier molecular flexibility index (Phi) is 2.88. The first-order chi connectivity index (χ1) is 6.88. The number of hydrogen-bond donors (Lipinski definition) is 0. The van der Waals surface area contributed by atoms with Gasteiger partial charge in [-0.05, 0) is 19.4 Å². The fourth-order valence-corrected chi connectivity index (χ4v) is 1.80. The predicted octanol–water partition coefficient (Wildman–Crippen LogP) is 0.481. The number of rotatable bonds is 3. The highest BCUT2D eigenvalue weighted by atomic mass is 16.5. The summed E-state index contributed by atoms with van der Waals surface area (Å²) in [6, 6.07) is 0. The van der Waals surface area contributed by atoms with E-state index in [2.05, 4.69) is 15.0 Å². The van der Waals surface area contributed by atoms with Gasteiger partial charge in [0.25, 0.3) is 0 Å². The van der Waals surface area contributed by atoms with Gasteiger partial charge in [-0.1, -0.05) is 5.16 Å². The van der Waals surface area contributed by atoms with Crippen LogP contribution in [0.1, 0.15) is 18.7 Å². The van der Waals surface area contributed by atoms with E-state index in [1.54, 1.807) is 0 Å². The molecule has 0 radical (unpaired) electrons. The summed E-state index contributed by atoms with van der Waals surface area (Å²) in [6.07, 6.45) is 4.51. The highest BCUT2D eigenvalue weighted by molar-refractivity contribution is 5.53. The molecule has 0 saturated carbocycles. The number of carbonyl (C=O) groups excluding carboxylic acids is 1. The average Bonchev–Trinajstić information content (AvgIpc) is 2.71. The van der Waals surface area contributed by atoms with E-state index in [4.69, 9.17) is 4.52 Å². The SMILES string of the molecule is O=CC1CCCN(Cc2ncno2)C1. The maximum Gasteiger partial charge on any atom is 0.240 e. The number of likely N-dealkylation sites (tertiary alicyclic amines) is 1. The Bertz CT molecular complexity index is 286. The lowest BCUT2D eigenvalue weighted by molar-refractivity contribution is -0.112.